The fourth-order valence-corrected chi connectivity index (χ4v) is 19.1. The van der Waals surface area contributed by atoms with Crippen LogP contribution in [0.4, 0.5) is 8.78 Å². The van der Waals surface area contributed by atoms with E-state index in [1.54, 1.807) is 70.2 Å². The number of halogens is 4. The molecule has 0 amide bonds. The van der Waals surface area contributed by atoms with Crippen molar-refractivity contribution in [3.63, 3.8) is 0 Å². The molecule has 9 N–H and O–H groups in total. The summed E-state index contributed by atoms with van der Waals surface area (Å²) in [6.07, 6.45) is 2.19. The molecule has 1 atom stereocenters. The Balaban J connectivity index is 0.000000140. The van der Waals surface area contributed by atoms with Crippen LogP contribution in [0.1, 0.15) is 133 Å². The van der Waals surface area contributed by atoms with Crippen LogP contribution in [0.3, 0.4) is 0 Å². The predicted molar refractivity (Wildman–Crippen MR) is 560 cm³/mol. The number of ether oxygens (including phenoxy) is 8. The lowest BCUT2D eigenvalue weighted by Gasteiger charge is -2.18. The molecule has 21 rings (SSSR count). The van der Waals surface area contributed by atoms with Crippen molar-refractivity contribution in [3.8, 4) is 23.0 Å². The standard InChI is InChI=1S/C29H33N3O3.C28H27N3O5.C27H26ClN3O4.C24H23F2N3O.CO2.ClH.O2/c1-5-18-9-11-24-20(15-18)22-17-23-21-16-19(29(33)34-8-4)10-12-25(21)31-27(23)28(26(22)30-24)35-14-13-32(6-2)7-3;1-3-34-27(32)15-5-7-22-18(11-15)20-13-21-19-12-16(28(33)35-4-2)6-8-23(19)31-25(21)26(24(20)30-22)36-17-9-10-29-14-17;1-5-34-27(33)16-7-9-20-18(13-16)22-23(28)21-17-12-15(14(2)32)6-8-19(17)29-24(21)26(25(22)30-20)35-11-10-31(3)4;1-3-29(4-2)9-10-30-24-22-18(16-11-14(25)5-7-20(16)27-22)13-19-17-12-15(26)6-8-21(17)28-23(19)24;2-1-3;;1-2/h9-12,15-17,30-31H,5-8,13-14H2,1-4H3;5-8,11-13,17,29-31H,3-4,9-10,14H2,1-2H3;6-9,12-13,29-30H,5,10-11H2,1-4H3;5-8,11-13,27-28H,3-4,9-10H2,1-2H3;;1H;. The molecule has 1 unspecified atom stereocenters. The van der Waals surface area contributed by atoms with Gasteiger partial charge in [0.2, 0.25) is 0 Å². The van der Waals surface area contributed by atoms with E-state index < -0.39 is 0 Å². The van der Waals surface area contributed by atoms with Crippen molar-refractivity contribution in [2.75, 3.05) is 119 Å². The molecule has 1 aliphatic heterocycles. The maximum atomic E-state index is 14.0. The highest BCUT2D eigenvalue weighted by atomic mass is 35.5. The highest BCUT2D eigenvalue weighted by molar-refractivity contribution is 6.46. The van der Waals surface area contributed by atoms with Crippen LogP contribution in [0.15, 0.2) is 164 Å². The van der Waals surface area contributed by atoms with Crippen LogP contribution in [-0.4, -0.2) is 216 Å². The second-order valence-electron chi connectivity index (χ2n) is 34.4. The summed E-state index contributed by atoms with van der Waals surface area (Å²) in [4.78, 5) is 127. The van der Waals surface area contributed by atoms with Crippen molar-refractivity contribution < 1.29 is 80.2 Å². The van der Waals surface area contributed by atoms with Crippen LogP contribution in [0, 0.1) is 21.6 Å². The number of benzene rings is 12. The number of hydrogen-bond donors (Lipinski definition) is 9. The minimum absolute atomic E-state index is 0. The number of aromatic amines is 8. The first kappa shape index (κ1) is 101. The third-order valence-electron chi connectivity index (χ3n) is 25.8. The number of carbonyl (C=O) groups excluding carboxylic acids is 7. The Bertz CT molecular complexity index is 8010. The van der Waals surface area contributed by atoms with Gasteiger partial charge in [-0.1, -0.05) is 52.3 Å². The third kappa shape index (κ3) is 20.3. The summed E-state index contributed by atoms with van der Waals surface area (Å²) < 4.78 is 74.5. The van der Waals surface area contributed by atoms with Crippen LogP contribution >= 0.6 is 24.0 Å². The van der Waals surface area contributed by atoms with Crippen molar-refractivity contribution in [3.05, 3.63) is 224 Å². The molecule has 29 nitrogen and oxygen atoms in total. The van der Waals surface area contributed by atoms with Crippen molar-refractivity contribution >= 4 is 234 Å². The zero-order valence-electron chi connectivity index (χ0n) is 80.7. The van der Waals surface area contributed by atoms with E-state index in [4.69, 9.17) is 69.0 Å². The van der Waals surface area contributed by atoms with E-state index in [-0.39, 0.29) is 66.0 Å². The quantitative estimate of drug-likeness (QED) is 0.0125. The fourth-order valence-electron chi connectivity index (χ4n) is 18.7. The first-order chi connectivity index (χ1) is 68.4. The summed E-state index contributed by atoms with van der Waals surface area (Å²) in [5.74, 6) is 0.887. The average molecular weight is 1970 g/mol. The van der Waals surface area contributed by atoms with Crippen LogP contribution in [0.2, 0.25) is 5.02 Å². The smallest absolute Gasteiger partial charge is 0.373 e. The van der Waals surface area contributed by atoms with Gasteiger partial charge in [-0.05, 0) is 258 Å². The van der Waals surface area contributed by atoms with Crippen LogP contribution in [-0.2, 0) is 35.0 Å². The van der Waals surface area contributed by atoms with Gasteiger partial charge in [0.25, 0.3) is 0 Å². The zero-order valence-corrected chi connectivity index (χ0v) is 82.3. The molecule has 9 heterocycles. The van der Waals surface area contributed by atoms with Crippen molar-refractivity contribution in [2.24, 2.45) is 0 Å². The summed E-state index contributed by atoms with van der Waals surface area (Å²) in [5.41, 5.74) is 17.9. The summed E-state index contributed by atoms with van der Waals surface area (Å²) in [6, 6.07) is 49.9. The second kappa shape index (κ2) is 44.7. The Morgan fingerprint density at radius 3 is 0.986 bits per heavy atom. The fraction of sp³-hybridized carbons (Fsp3) is 0.284. The highest BCUT2D eigenvalue weighted by Gasteiger charge is 2.29. The van der Waals surface area contributed by atoms with E-state index in [1.165, 1.54) is 35.2 Å². The van der Waals surface area contributed by atoms with E-state index in [2.05, 4.69) is 120 Å². The third-order valence-corrected chi connectivity index (χ3v) is 26.2. The van der Waals surface area contributed by atoms with E-state index >= 15 is 0 Å². The first-order valence-electron chi connectivity index (χ1n) is 47.3. The largest absolute Gasteiger partial charge is 0.488 e. The summed E-state index contributed by atoms with van der Waals surface area (Å²) >= 11 is 7.09. The molecule has 736 valence electrons. The average Bonchev–Trinajstić information content (AvgIpc) is 1.57. The zero-order chi connectivity index (χ0) is 99.7. The number of rotatable bonds is 28. The molecular formula is C109H110Cl2F2N12O17. The number of carbonyl (C=O) groups is 5. The lowest BCUT2D eigenvalue weighted by Crippen LogP contribution is -2.27. The van der Waals surface area contributed by atoms with Gasteiger partial charge in [-0.15, -0.1) is 12.4 Å². The molecule has 142 heavy (non-hydrogen) atoms. The minimum Gasteiger partial charge on any atom is -0.488 e. The first-order valence-corrected chi connectivity index (χ1v) is 47.7. The molecule has 33 heteroatoms. The normalized spacial score (nSPS) is 12.5. The molecule has 0 spiro atoms. The van der Waals surface area contributed by atoms with Gasteiger partial charge in [0.05, 0.1) is 97.8 Å². The number of nitrogens with one attached hydrogen (secondary N) is 9. The number of fused-ring (bicyclic) bond motifs is 24. The molecule has 1 saturated heterocycles. The van der Waals surface area contributed by atoms with Gasteiger partial charge in [-0.3, -0.25) is 4.79 Å². The molecule has 0 bridgehead atoms. The Kier molecular flexibility index (Phi) is 31.9. The highest BCUT2D eigenvalue weighted by Crippen LogP contribution is 2.50. The van der Waals surface area contributed by atoms with Crippen LogP contribution < -0.4 is 24.3 Å². The minimum atomic E-state index is -0.387. The maximum absolute atomic E-state index is 14.0. The van der Waals surface area contributed by atoms with Gasteiger partial charge in [-0.2, -0.15) is 9.59 Å². The van der Waals surface area contributed by atoms with Gasteiger partial charge in [0.1, 0.15) is 37.6 Å². The topological polar surface area (TPSA) is 376 Å². The van der Waals surface area contributed by atoms with Crippen LogP contribution in [0.25, 0.3) is 174 Å². The number of esters is 4. The van der Waals surface area contributed by atoms with Gasteiger partial charge in [0.15, 0.2) is 28.8 Å². The Hall–Kier alpha value is -15.0. The number of aryl methyl sites for hydroxylation is 1. The molecule has 8 aromatic heterocycles. The lowest BCUT2D eigenvalue weighted by molar-refractivity contribution is -0.191. The molecule has 0 aliphatic carbocycles. The molecule has 12 aromatic carbocycles. The number of Topliss-reactive ketones (excluding diaryl/α,β-unsaturated/α-hetero) is 1. The molecule has 0 radical (unpaired) electrons. The number of likely N-dealkylation sites (N-methyl/N-ethyl adjacent to an activating group) is 3. The van der Waals surface area contributed by atoms with Gasteiger partial charge in [0, 0.05) is 172 Å². The Morgan fingerprint density at radius 2 is 0.662 bits per heavy atom. The monoisotopic (exact) mass is 1970 g/mol. The Labute approximate surface area is 823 Å². The van der Waals surface area contributed by atoms with Crippen molar-refractivity contribution in [2.45, 2.75) is 88.2 Å². The second-order valence-corrected chi connectivity index (χ2v) is 34.7. The number of ketones is 1. The SMILES string of the molecule is CCN(CC)CCOc1c2[nH]c3ccc(F)cc3c2cc2c1[nH]c1ccc(F)cc12.CCOC(=O)c1ccc2[nH]c3c(OC4CCNC4)c4[nH]c5ccc(C(=O)OCC)cc5c4cc3c2c1.CCOC(=O)c1ccc2[nH]c3c(OCCN(C)C)c4[nH]c5ccc(C(C)=O)cc5c4c(Cl)c3c2c1.CCOC(=O)c1ccc2[nH]c3c(OCCN(CC)CC)c4[nH]c5ccc(CC)cc5c4cc3c2c1.Cl.O=C=O.O=O. The number of hydrogen-bond acceptors (Lipinski definition) is 21. The molecule has 1 aliphatic rings. The van der Waals surface area contributed by atoms with Crippen LogP contribution in [0.5, 0.6) is 23.0 Å². The maximum Gasteiger partial charge on any atom is 0.373 e. The van der Waals surface area contributed by atoms with Crippen molar-refractivity contribution in [1.82, 2.24) is 59.9 Å². The number of aromatic nitrogens is 8. The van der Waals surface area contributed by atoms with Gasteiger partial charge < -0.3 is 97.8 Å². The lowest BCUT2D eigenvalue weighted by atomic mass is 10.0. The Morgan fingerprint density at radius 1 is 0.373 bits per heavy atom. The summed E-state index contributed by atoms with van der Waals surface area (Å²) in [6.45, 7) is 30.3. The summed E-state index contributed by atoms with van der Waals surface area (Å²) in [7, 11) is 3.98. The van der Waals surface area contributed by atoms with Crippen molar-refractivity contribution in [1.29, 1.82) is 0 Å². The van der Waals surface area contributed by atoms with E-state index in [1.807, 2.05) is 92.6 Å². The molecule has 1 fully saturated rings. The van der Waals surface area contributed by atoms with Gasteiger partial charge >= 0.3 is 30.0 Å². The molecular weight excluding hydrogens is 1860 g/mol. The molecule has 20 aromatic rings. The van der Waals surface area contributed by atoms with E-state index in [9.17, 15) is 32.8 Å². The van der Waals surface area contributed by atoms with Gasteiger partial charge in [-0.25, -0.2) is 28.0 Å². The number of H-pyrrole nitrogens is 8. The predicted octanol–water partition coefficient (Wildman–Crippen LogP) is 23.3. The van der Waals surface area contributed by atoms with E-state index in [0.29, 0.717) is 90.6 Å². The summed E-state index contributed by atoms with van der Waals surface area (Å²) in [5, 5.41) is 18.4. The molecule has 0 saturated carbocycles. The number of nitrogens with zero attached hydrogens (tertiary/aromatic N) is 3. The van der Waals surface area contributed by atoms with E-state index in [0.717, 1.165) is 252 Å².